The molecular weight excluding hydrogens is 312 g/mol. The molecule has 0 saturated heterocycles. The third kappa shape index (κ3) is 3.84. The summed E-state index contributed by atoms with van der Waals surface area (Å²) in [6.07, 6.45) is -9.33. The average Bonchev–Trinajstić information content (AvgIpc) is 2.39. The summed E-state index contributed by atoms with van der Waals surface area (Å²) in [6, 6.07) is 7.67. The first kappa shape index (κ1) is 16.0. The van der Waals surface area contributed by atoms with E-state index in [1.807, 2.05) is 0 Å². The summed E-state index contributed by atoms with van der Waals surface area (Å²) < 4.78 is 77.4. The van der Waals surface area contributed by atoms with Gasteiger partial charge in [-0.05, 0) is 35.4 Å². The highest BCUT2D eigenvalue weighted by molar-refractivity contribution is 5.70. The Labute approximate surface area is 121 Å². The summed E-state index contributed by atoms with van der Waals surface area (Å²) in [6.45, 7) is 0. The van der Waals surface area contributed by atoms with Gasteiger partial charge in [0, 0.05) is 0 Å². The van der Waals surface area contributed by atoms with Gasteiger partial charge in [0.2, 0.25) is 0 Å². The molecule has 0 atom stereocenters. The lowest BCUT2D eigenvalue weighted by Gasteiger charge is -2.12. The lowest BCUT2D eigenvalue weighted by atomic mass is 10.0. The average molecular weight is 321 g/mol. The van der Waals surface area contributed by atoms with Crippen LogP contribution in [0.2, 0.25) is 0 Å². The van der Waals surface area contributed by atoms with Crippen LogP contribution in [0.4, 0.5) is 32.0 Å². The summed E-state index contributed by atoms with van der Waals surface area (Å²) in [7, 11) is 0. The zero-order chi connectivity index (χ0) is 16.5. The van der Waals surface area contributed by atoms with Crippen LogP contribution in [0.5, 0.6) is 5.75 Å². The van der Waals surface area contributed by atoms with Crippen molar-refractivity contribution in [2.75, 3.05) is 5.73 Å². The number of nitrogens with two attached hydrogens (primary N) is 1. The molecule has 0 aliphatic carbocycles. The maximum Gasteiger partial charge on any atom is 0.573 e. The van der Waals surface area contributed by atoms with Crippen molar-refractivity contribution in [2.45, 2.75) is 12.5 Å². The Kier molecular flexibility index (Phi) is 3.95. The molecule has 2 aromatic carbocycles. The fraction of sp³-hybridized carbons (Fsp3) is 0.143. The summed E-state index contributed by atoms with van der Waals surface area (Å²) >= 11 is 0. The molecule has 0 heterocycles. The van der Waals surface area contributed by atoms with E-state index in [0.717, 1.165) is 18.2 Å². The fourth-order valence-corrected chi connectivity index (χ4v) is 1.80. The second-order valence-corrected chi connectivity index (χ2v) is 4.38. The topological polar surface area (TPSA) is 35.2 Å². The standard InChI is InChI=1S/C14H9F6NO/c15-13(16,17)10-4-1-8(2-5-10)9-3-6-12(11(21)7-9)22-14(18,19)20/h1-7H,21H2. The first-order valence-corrected chi connectivity index (χ1v) is 5.89. The van der Waals surface area contributed by atoms with Gasteiger partial charge in [0.15, 0.2) is 5.75 Å². The van der Waals surface area contributed by atoms with Crippen molar-refractivity contribution in [2.24, 2.45) is 0 Å². The first-order chi connectivity index (χ1) is 10.1. The Bertz CT molecular complexity index is 661. The number of anilines is 1. The third-order valence-corrected chi connectivity index (χ3v) is 2.78. The normalized spacial score (nSPS) is 12.3. The van der Waals surface area contributed by atoms with E-state index in [4.69, 9.17) is 5.73 Å². The molecule has 2 aromatic rings. The van der Waals surface area contributed by atoms with E-state index >= 15 is 0 Å². The summed E-state index contributed by atoms with van der Waals surface area (Å²) in [5.74, 6) is -0.567. The Morgan fingerprint density at radius 1 is 0.773 bits per heavy atom. The molecule has 0 fully saturated rings. The lowest BCUT2D eigenvalue weighted by Crippen LogP contribution is -2.17. The van der Waals surface area contributed by atoms with E-state index in [0.29, 0.717) is 11.1 Å². The molecule has 2 N–H and O–H groups in total. The van der Waals surface area contributed by atoms with E-state index < -0.39 is 23.9 Å². The molecule has 0 bridgehead atoms. The van der Waals surface area contributed by atoms with Gasteiger partial charge in [0.1, 0.15) is 0 Å². The van der Waals surface area contributed by atoms with Gasteiger partial charge >= 0.3 is 12.5 Å². The number of ether oxygens (including phenoxy) is 1. The minimum absolute atomic E-state index is 0.269. The molecule has 0 aromatic heterocycles. The molecule has 0 aliphatic rings. The molecule has 8 heteroatoms. The molecule has 0 aliphatic heterocycles. The van der Waals surface area contributed by atoms with E-state index in [-0.39, 0.29) is 5.69 Å². The van der Waals surface area contributed by atoms with E-state index in [1.54, 1.807) is 0 Å². The van der Waals surface area contributed by atoms with Crippen LogP contribution in [-0.2, 0) is 6.18 Å². The fourth-order valence-electron chi connectivity index (χ4n) is 1.80. The van der Waals surface area contributed by atoms with Gasteiger partial charge in [-0.25, -0.2) is 0 Å². The Hall–Kier alpha value is -2.38. The molecular formula is C14H9F6NO. The Morgan fingerprint density at radius 3 is 1.77 bits per heavy atom. The van der Waals surface area contributed by atoms with Gasteiger partial charge < -0.3 is 10.5 Å². The Balaban J connectivity index is 2.29. The molecule has 2 nitrogen and oxygen atoms in total. The number of hydrogen-bond acceptors (Lipinski definition) is 2. The molecule has 0 saturated carbocycles. The minimum atomic E-state index is -4.87. The van der Waals surface area contributed by atoms with Crippen LogP contribution in [0.15, 0.2) is 42.5 Å². The number of hydrogen-bond donors (Lipinski definition) is 1. The van der Waals surface area contributed by atoms with Crippen molar-refractivity contribution in [1.82, 2.24) is 0 Å². The first-order valence-electron chi connectivity index (χ1n) is 5.89. The van der Waals surface area contributed by atoms with Crippen molar-refractivity contribution >= 4 is 5.69 Å². The van der Waals surface area contributed by atoms with E-state index in [2.05, 4.69) is 4.74 Å². The van der Waals surface area contributed by atoms with Crippen molar-refractivity contribution in [3.63, 3.8) is 0 Å². The summed E-state index contributed by atoms with van der Waals surface area (Å²) in [5, 5.41) is 0. The number of halogens is 6. The minimum Gasteiger partial charge on any atom is -0.404 e. The number of alkyl halides is 6. The molecule has 2 rings (SSSR count). The van der Waals surface area contributed by atoms with Gasteiger partial charge in [0.05, 0.1) is 11.3 Å². The summed E-state index contributed by atoms with van der Waals surface area (Å²) in [4.78, 5) is 0. The van der Waals surface area contributed by atoms with Crippen LogP contribution in [0.3, 0.4) is 0 Å². The highest BCUT2D eigenvalue weighted by atomic mass is 19.4. The maximum atomic E-state index is 12.5. The molecule has 0 unspecified atom stereocenters. The quantitative estimate of drug-likeness (QED) is 0.634. The van der Waals surface area contributed by atoms with Crippen LogP contribution in [0, 0.1) is 0 Å². The lowest BCUT2D eigenvalue weighted by molar-refractivity contribution is -0.274. The zero-order valence-corrected chi connectivity index (χ0v) is 10.8. The highest BCUT2D eigenvalue weighted by Crippen LogP contribution is 2.34. The molecule has 0 spiro atoms. The Morgan fingerprint density at radius 2 is 1.32 bits per heavy atom. The third-order valence-electron chi connectivity index (χ3n) is 2.78. The second-order valence-electron chi connectivity index (χ2n) is 4.38. The SMILES string of the molecule is Nc1cc(-c2ccc(C(F)(F)F)cc2)ccc1OC(F)(F)F. The van der Waals surface area contributed by atoms with Gasteiger partial charge in [-0.2, -0.15) is 13.2 Å². The predicted molar refractivity (Wildman–Crippen MR) is 68.0 cm³/mol. The monoisotopic (exact) mass is 321 g/mol. The largest absolute Gasteiger partial charge is 0.573 e. The van der Waals surface area contributed by atoms with Crippen LogP contribution >= 0.6 is 0 Å². The maximum absolute atomic E-state index is 12.5. The van der Waals surface area contributed by atoms with Crippen molar-refractivity contribution in [1.29, 1.82) is 0 Å². The predicted octanol–water partition coefficient (Wildman–Crippen LogP) is 4.85. The van der Waals surface area contributed by atoms with Crippen molar-refractivity contribution in [3.05, 3.63) is 48.0 Å². The zero-order valence-electron chi connectivity index (χ0n) is 10.8. The molecule has 0 amide bonds. The van der Waals surface area contributed by atoms with Crippen LogP contribution < -0.4 is 10.5 Å². The van der Waals surface area contributed by atoms with E-state index in [1.165, 1.54) is 24.3 Å². The van der Waals surface area contributed by atoms with E-state index in [9.17, 15) is 26.3 Å². The highest BCUT2D eigenvalue weighted by Gasteiger charge is 2.32. The van der Waals surface area contributed by atoms with Crippen molar-refractivity contribution < 1.29 is 31.1 Å². The second kappa shape index (κ2) is 5.43. The number of benzene rings is 2. The van der Waals surface area contributed by atoms with Gasteiger partial charge in [-0.3, -0.25) is 0 Å². The smallest absolute Gasteiger partial charge is 0.404 e. The van der Waals surface area contributed by atoms with Crippen LogP contribution in [0.1, 0.15) is 5.56 Å². The molecule has 22 heavy (non-hydrogen) atoms. The van der Waals surface area contributed by atoms with Gasteiger partial charge in [-0.15, -0.1) is 13.2 Å². The van der Waals surface area contributed by atoms with Crippen LogP contribution in [-0.4, -0.2) is 6.36 Å². The van der Waals surface area contributed by atoms with Gasteiger partial charge in [0.25, 0.3) is 0 Å². The number of nitrogen functional groups attached to an aromatic ring is 1. The number of rotatable bonds is 2. The van der Waals surface area contributed by atoms with Crippen molar-refractivity contribution in [3.8, 4) is 16.9 Å². The molecule has 0 radical (unpaired) electrons. The molecule has 118 valence electrons. The van der Waals surface area contributed by atoms with Gasteiger partial charge in [-0.1, -0.05) is 18.2 Å². The summed E-state index contributed by atoms with van der Waals surface area (Å²) in [5.41, 5.74) is 5.14. The van der Waals surface area contributed by atoms with Crippen LogP contribution in [0.25, 0.3) is 11.1 Å².